The minimum Gasteiger partial charge on any atom is -0.348 e. The van der Waals surface area contributed by atoms with Crippen LogP contribution in [0.1, 0.15) is 37.7 Å². The molecule has 0 saturated heterocycles. The van der Waals surface area contributed by atoms with Crippen molar-refractivity contribution in [2.75, 3.05) is 13.1 Å². The Bertz CT molecular complexity index is 341. The van der Waals surface area contributed by atoms with Crippen molar-refractivity contribution in [3.63, 3.8) is 0 Å². The summed E-state index contributed by atoms with van der Waals surface area (Å²) in [6, 6.07) is 4.21. The molecule has 3 nitrogen and oxygen atoms in total. The number of hydrogen-bond acceptors (Lipinski definition) is 2. The van der Waals surface area contributed by atoms with Crippen LogP contribution >= 0.6 is 0 Å². The topological polar surface area (TPSA) is 25.2 Å². The highest BCUT2D eigenvalue weighted by Crippen LogP contribution is 2.06. The number of rotatable bonds is 6. The van der Waals surface area contributed by atoms with Gasteiger partial charge in [-0.3, -0.25) is 9.69 Å². The van der Waals surface area contributed by atoms with E-state index < -0.39 is 0 Å². The second-order valence-electron chi connectivity index (χ2n) is 4.49. The Balaban J connectivity index is 2.65. The lowest BCUT2D eigenvalue weighted by molar-refractivity contribution is 0.0898. The Morgan fingerprint density at radius 3 is 2.62 bits per heavy atom. The van der Waals surface area contributed by atoms with Crippen LogP contribution in [0.5, 0.6) is 0 Å². The zero-order valence-electron chi connectivity index (χ0n) is 10.7. The number of hydrogen-bond donors (Lipinski definition) is 0. The molecule has 0 bridgehead atoms. The van der Waals surface area contributed by atoms with Crippen molar-refractivity contribution in [1.82, 2.24) is 9.47 Å². The molecule has 1 aromatic heterocycles. The summed E-state index contributed by atoms with van der Waals surface area (Å²) in [5.41, 5.74) is 0.793. The van der Waals surface area contributed by atoms with Gasteiger partial charge in [0.25, 0.3) is 0 Å². The van der Waals surface area contributed by atoms with Gasteiger partial charge in [0.1, 0.15) is 0 Å². The van der Waals surface area contributed by atoms with Gasteiger partial charge >= 0.3 is 0 Å². The highest BCUT2D eigenvalue weighted by Gasteiger charge is 2.15. The summed E-state index contributed by atoms with van der Waals surface area (Å²) in [6.45, 7) is 7.90. The van der Waals surface area contributed by atoms with Crippen molar-refractivity contribution >= 4 is 5.78 Å². The van der Waals surface area contributed by atoms with Gasteiger partial charge in [-0.05, 0) is 38.9 Å². The molecule has 1 heterocycles. The first kappa shape index (κ1) is 13.0. The molecule has 1 rings (SSSR count). The molecule has 0 spiro atoms. The molecule has 0 saturated carbocycles. The Morgan fingerprint density at radius 1 is 1.50 bits per heavy atom. The second-order valence-corrected chi connectivity index (χ2v) is 4.49. The quantitative estimate of drug-likeness (QED) is 0.690. The summed E-state index contributed by atoms with van der Waals surface area (Å²) in [4.78, 5) is 14.3. The summed E-state index contributed by atoms with van der Waals surface area (Å²) in [5, 5.41) is 0. The van der Waals surface area contributed by atoms with E-state index in [0.717, 1.165) is 18.7 Å². The first-order valence-electron chi connectivity index (χ1n) is 5.94. The lowest BCUT2D eigenvalue weighted by atomic mass is 10.2. The molecule has 0 aliphatic carbocycles. The number of aromatic nitrogens is 1. The van der Waals surface area contributed by atoms with E-state index in [0.29, 0.717) is 12.6 Å². The summed E-state index contributed by atoms with van der Waals surface area (Å²) in [6.07, 6.45) is 2.99. The second kappa shape index (κ2) is 5.85. The van der Waals surface area contributed by atoms with Crippen LogP contribution in [0.4, 0.5) is 0 Å². The van der Waals surface area contributed by atoms with E-state index >= 15 is 0 Å². The van der Waals surface area contributed by atoms with Crippen molar-refractivity contribution < 1.29 is 4.79 Å². The first-order chi connectivity index (χ1) is 7.56. The number of aryl methyl sites for hydroxylation is 1. The fourth-order valence-electron chi connectivity index (χ4n) is 1.82. The van der Waals surface area contributed by atoms with Gasteiger partial charge in [0, 0.05) is 19.3 Å². The van der Waals surface area contributed by atoms with E-state index in [-0.39, 0.29) is 5.78 Å². The average molecular weight is 222 g/mol. The Morgan fingerprint density at radius 2 is 2.19 bits per heavy atom. The molecule has 90 valence electrons. The molecule has 0 amide bonds. The van der Waals surface area contributed by atoms with Crippen molar-refractivity contribution in [1.29, 1.82) is 0 Å². The molecule has 0 aliphatic heterocycles. The van der Waals surface area contributed by atoms with E-state index in [9.17, 15) is 4.79 Å². The standard InChI is InChI=1S/C13H22N2O/c1-5-8-15(11(2)3)10-13(16)12-7-6-9-14(12)4/h6-7,9,11H,5,8,10H2,1-4H3. The van der Waals surface area contributed by atoms with Gasteiger partial charge in [-0.25, -0.2) is 0 Å². The van der Waals surface area contributed by atoms with Crippen molar-refractivity contribution in [3.8, 4) is 0 Å². The minimum absolute atomic E-state index is 0.203. The predicted molar refractivity (Wildman–Crippen MR) is 66.7 cm³/mol. The molecule has 0 N–H and O–H groups in total. The summed E-state index contributed by atoms with van der Waals surface area (Å²) >= 11 is 0. The first-order valence-corrected chi connectivity index (χ1v) is 5.94. The predicted octanol–water partition coefficient (Wildman–Crippen LogP) is 2.33. The van der Waals surface area contributed by atoms with Crippen LogP contribution in [0.3, 0.4) is 0 Å². The minimum atomic E-state index is 0.203. The van der Waals surface area contributed by atoms with Crippen LogP contribution in [-0.2, 0) is 7.05 Å². The molecule has 0 aliphatic rings. The fourth-order valence-corrected chi connectivity index (χ4v) is 1.82. The summed E-state index contributed by atoms with van der Waals surface area (Å²) < 4.78 is 1.88. The third-order valence-corrected chi connectivity index (χ3v) is 2.82. The Hall–Kier alpha value is -1.09. The van der Waals surface area contributed by atoms with E-state index in [1.165, 1.54) is 0 Å². The molecule has 0 fully saturated rings. The molecule has 16 heavy (non-hydrogen) atoms. The van der Waals surface area contributed by atoms with Crippen LogP contribution in [0.15, 0.2) is 18.3 Å². The molecule has 0 atom stereocenters. The van der Waals surface area contributed by atoms with E-state index in [2.05, 4.69) is 25.7 Å². The molecule has 0 radical (unpaired) electrons. The van der Waals surface area contributed by atoms with Crippen molar-refractivity contribution in [2.45, 2.75) is 33.2 Å². The van der Waals surface area contributed by atoms with Crippen LogP contribution in [-0.4, -0.2) is 34.4 Å². The lowest BCUT2D eigenvalue weighted by Gasteiger charge is -2.25. The molecule has 0 aromatic carbocycles. The van der Waals surface area contributed by atoms with Crippen LogP contribution in [0, 0.1) is 0 Å². The third-order valence-electron chi connectivity index (χ3n) is 2.82. The van der Waals surface area contributed by atoms with Gasteiger partial charge in [-0.2, -0.15) is 0 Å². The van der Waals surface area contributed by atoms with Gasteiger partial charge in [0.05, 0.1) is 12.2 Å². The van der Waals surface area contributed by atoms with E-state index in [1.54, 1.807) is 0 Å². The zero-order chi connectivity index (χ0) is 12.1. The average Bonchev–Trinajstić information content (AvgIpc) is 2.63. The van der Waals surface area contributed by atoms with Crippen LogP contribution in [0.25, 0.3) is 0 Å². The number of Topliss-reactive ketones (excluding diaryl/α,β-unsaturated/α-hetero) is 1. The van der Waals surface area contributed by atoms with Gasteiger partial charge < -0.3 is 4.57 Å². The van der Waals surface area contributed by atoms with Crippen molar-refractivity contribution in [3.05, 3.63) is 24.0 Å². The molecule has 3 heteroatoms. The van der Waals surface area contributed by atoms with Crippen LogP contribution in [0.2, 0.25) is 0 Å². The van der Waals surface area contributed by atoms with Crippen molar-refractivity contribution in [2.24, 2.45) is 7.05 Å². The number of nitrogens with zero attached hydrogens (tertiary/aromatic N) is 2. The zero-order valence-corrected chi connectivity index (χ0v) is 10.7. The smallest absolute Gasteiger partial charge is 0.193 e. The molecular weight excluding hydrogens is 200 g/mol. The van der Waals surface area contributed by atoms with Gasteiger partial charge in [-0.1, -0.05) is 6.92 Å². The lowest BCUT2D eigenvalue weighted by Crippen LogP contribution is -2.36. The fraction of sp³-hybridized carbons (Fsp3) is 0.615. The monoisotopic (exact) mass is 222 g/mol. The Labute approximate surface area is 98.1 Å². The number of carbonyl (C=O) groups excluding carboxylic acids is 1. The maximum absolute atomic E-state index is 12.1. The number of ketones is 1. The van der Waals surface area contributed by atoms with Crippen LogP contribution < -0.4 is 0 Å². The summed E-state index contributed by atoms with van der Waals surface area (Å²) in [7, 11) is 1.91. The van der Waals surface area contributed by atoms with Gasteiger partial charge in [0.15, 0.2) is 5.78 Å². The maximum Gasteiger partial charge on any atom is 0.193 e. The normalized spacial score (nSPS) is 11.4. The van der Waals surface area contributed by atoms with Gasteiger partial charge in [-0.15, -0.1) is 0 Å². The Kier molecular flexibility index (Phi) is 4.74. The highest BCUT2D eigenvalue weighted by atomic mass is 16.1. The van der Waals surface area contributed by atoms with E-state index in [1.807, 2.05) is 29.9 Å². The summed E-state index contributed by atoms with van der Waals surface area (Å²) in [5.74, 6) is 0.203. The molecular formula is C13H22N2O. The molecule has 0 unspecified atom stereocenters. The molecule has 1 aromatic rings. The maximum atomic E-state index is 12.1. The SMILES string of the molecule is CCCN(CC(=O)c1cccn1C)C(C)C. The highest BCUT2D eigenvalue weighted by molar-refractivity contribution is 5.96. The van der Waals surface area contributed by atoms with E-state index in [4.69, 9.17) is 0 Å². The third kappa shape index (κ3) is 3.20. The van der Waals surface area contributed by atoms with Gasteiger partial charge in [0.2, 0.25) is 0 Å². The largest absolute Gasteiger partial charge is 0.348 e. The number of carbonyl (C=O) groups is 1.